The van der Waals surface area contributed by atoms with Crippen molar-refractivity contribution in [3.8, 4) is 5.75 Å². The molecule has 1 aromatic carbocycles. The Balaban J connectivity index is 1.85. The van der Waals surface area contributed by atoms with Gasteiger partial charge in [0.15, 0.2) is 0 Å². The van der Waals surface area contributed by atoms with Crippen LogP contribution in [0.2, 0.25) is 10.0 Å². The van der Waals surface area contributed by atoms with Gasteiger partial charge in [0.25, 0.3) is 11.7 Å². The Kier molecular flexibility index (Phi) is 7.89. The van der Waals surface area contributed by atoms with Gasteiger partial charge in [-0.1, -0.05) is 41.9 Å². The standard InChI is InChI=1S/C24H22Cl2FN3O3/c1-14(9-27)4-3-5-15(2)12-30-13-18(17-8-16(31)6-7-21(17)30)23(32)24(33)29-22-19(25)10-28-11-20(22)26/h6-8,10-11,13,31H,1-5,9,12H2,(H,28,29,33). The molecule has 3 aromatic rings. The predicted molar refractivity (Wildman–Crippen MR) is 129 cm³/mol. The van der Waals surface area contributed by atoms with E-state index >= 15 is 0 Å². The number of Topliss-reactive ketones (excluding diaryl/α,β-unsaturated/α-hetero) is 1. The topological polar surface area (TPSA) is 84.2 Å². The number of halogens is 3. The van der Waals surface area contributed by atoms with Crippen LogP contribution in [0.1, 0.15) is 29.6 Å². The maximum atomic E-state index is 13.0. The van der Waals surface area contributed by atoms with Crippen molar-refractivity contribution in [1.29, 1.82) is 0 Å². The van der Waals surface area contributed by atoms with Crippen LogP contribution in [-0.4, -0.2) is 33.0 Å². The van der Waals surface area contributed by atoms with E-state index in [9.17, 15) is 19.1 Å². The number of ketones is 1. The molecule has 33 heavy (non-hydrogen) atoms. The molecule has 2 N–H and O–H groups in total. The van der Waals surface area contributed by atoms with Crippen LogP contribution in [0.4, 0.5) is 10.1 Å². The van der Waals surface area contributed by atoms with Gasteiger partial charge in [-0.3, -0.25) is 14.6 Å². The van der Waals surface area contributed by atoms with E-state index in [1.807, 2.05) is 0 Å². The van der Waals surface area contributed by atoms with Gasteiger partial charge in [0.1, 0.15) is 12.4 Å². The number of aromatic hydroxyl groups is 1. The van der Waals surface area contributed by atoms with Crippen molar-refractivity contribution < 1.29 is 19.1 Å². The molecule has 0 bridgehead atoms. The number of phenols is 1. The first kappa shape index (κ1) is 24.5. The van der Waals surface area contributed by atoms with E-state index in [2.05, 4.69) is 23.5 Å². The highest BCUT2D eigenvalue weighted by atomic mass is 35.5. The summed E-state index contributed by atoms with van der Waals surface area (Å²) in [7, 11) is 0. The highest BCUT2D eigenvalue weighted by Crippen LogP contribution is 2.30. The summed E-state index contributed by atoms with van der Waals surface area (Å²) < 4.78 is 14.3. The molecule has 0 unspecified atom stereocenters. The lowest BCUT2D eigenvalue weighted by Gasteiger charge is -2.09. The molecular weight excluding hydrogens is 468 g/mol. The first-order valence-corrected chi connectivity index (χ1v) is 10.8. The number of aromatic nitrogens is 2. The molecule has 0 fully saturated rings. The number of pyridine rings is 1. The summed E-state index contributed by atoms with van der Waals surface area (Å²) in [6, 6.07) is 4.58. The normalized spacial score (nSPS) is 10.9. The van der Waals surface area contributed by atoms with Crippen molar-refractivity contribution in [3.63, 3.8) is 0 Å². The van der Waals surface area contributed by atoms with Crippen LogP contribution in [-0.2, 0) is 11.3 Å². The number of alkyl halides is 1. The van der Waals surface area contributed by atoms with Crippen molar-refractivity contribution in [2.75, 3.05) is 12.0 Å². The number of amides is 1. The molecule has 0 saturated heterocycles. The van der Waals surface area contributed by atoms with Gasteiger partial charge in [-0.05, 0) is 43.0 Å². The Morgan fingerprint density at radius 3 is 2.45 bits per heavy atom. The number of carbonyl (C=O) groups excluding carboxylic acids is 2. The molecule has 0 aliphatic rings. The van der Waals surface area contributed by atoms with Crippen molar-refractivity contribution in [2.24, 2.45) is 0 Å². The van der Waals surface area contributed by atoms with Crippen LogP contribution in [0.25, 0.3) is 10.9 Å². The molecule has 0 radical (unpaired) electrons. The Morgan fingerprint density at radius 1 is 1.12 bits per heavy atom. The molecule has 0 saturated carbocycles. The number of nitrogens with one attached hydrogen (secondary N) is 1. The van der Waals surface area contributed by atoms with Gasteiger partial charge in [0.05, 0.1) is 21.3 Å². The minimum atomic E-state index is -0.934. The van der Waals surface area contributed by atoms with Gasteiger partial charge < -0.3 is 15.0 Å². The zero-order chi connectivity index (χ0) is 24.1. The molecule has 3 rings (SSSR count). The lowest BCUT2D eigenvalue weighted by molar-refractivity contribution is -0.112. The second-order valence-corrected chi connectivity index (χ2v) is 8.44. The molecule has 6 nitrogen and oxygen atoms in total. The van der Waals surface area contributed by atoms with Crippen LogP contribution in [0, 0.1) is 0 Å². The summed E-state index contributed by atoms with van der Waals surface area (Å²) in [4.78, 5) is 29.5. The molecule has 2 aromatic heterocycles. The number of carbonyl (C=O) groups is 2. The summed E-state index contributed by atoms with van der Waals surface area (Å²) >= 11 is 12.1. The Morgan fingerprint density at radius 2 is 1.79 bits per heavy atom. The molecule has 9 heteroatoms. The van der Waals surface area contributed by atoms with Crippen LogP contribution >= 0.6 is 23.2 Å². The quantitative estimate of drug-likeness (QED) is 0.204. The molecule has 0 spiro atoms. The van der Waals surface area contributed by atoms with E-state index in [4.69, 9.17) is 23.2 Å². The van der Waals surface area contributed by atoms with E-state index in [-0.39, 0.29) is 27.0 Å². The van der Waals surface area contributed by atoms with Gasteiger partial charge in [0, 0.05) is 36.0 Å². The number of hydrogen-bond donors (Lipinski definition) is 2. The number of rotatable bonds is 10. The van der Waals surface area contributed by atoms with Crippen LogP contribution in [0.15, 0.2) is 61.1 Å². The van der Waals surface area contributed by atoms with Crippen molar-refractivity contribution in [1.82, 2.24) is 9.55 Å². The van der Waals surface area contributed by atoms with Crippen LogP contribution in [0.3, 0.4) is 0 Å². The molecule has 2 heterocycles. The molecule has 0 aliphatic carbocycles. The molecule has 1 amide bonds. The number of benzene rings is 1. The Bertz CT molecular complexity index is 1230. The third-order valence-electron chi connectivity index (χ3n) is 5.05. The molecular formula is C24H22Cl2FN3O3. The third kappa shape index (κ3) is 5.80. The zero-order valence-electron chi connectivity index (χ0n) is 17.7. The fourth-order valence-corrected chi connectivity index (χ4v) is 3.85. The predicted octanol–water partition coefficient (Wildman–Crippen LogP) is 6.12. The monoisotopic (exact) mass is 489 g/mol. The Hall–Kier alpha value is -3.16. The number of fused-ring (bicyclic) bond motifs is 1. The first-order chi connectivity index (χ1) is 15.7. The SMILES string of the molecule is C=C(CF)CCCC(=C)Cn1cc(C(=O)C(=O)Nc2c(Cl)cncc2Cl)c2cc(O)ccc21. The number of hydrogen-bond acceptors (Lipinski definition) is 4. The van der Waals surface area contributed by atoms with Crippen molar-refractivity contribution >= 4 is 51.5 Å². The fourth-order valence-electron chi connectivity index (χ4n) is 3.40. The third-order valence-corrected chi connectivity index (χ3v) is 5.62. The van der Waals surface area contributed by atoms with Gasteiger partial charge in [-0.15, -0.1) is 0 Å². The summed E-state index contributed by atoms with van der Waals surface area (Å²) in [5.41, 5.74) is 2.25. The van der Waals surface area contributed by atoms with Gasteiger partial charge >= 0.3 is 0 Å². The average Bonchev–Trinajstić information content (AvgIpc) is 3.12. The lowest BCUT2D eigenvalue weighted by Crippen LogP contribution is -2.23. The number of allylic oxidation sites excluding steroid dienone is 2. The summed E-state index contributed by atoms with van der Waals surface area (Å²) in [6.07, 6.45) is 6.08. The van der Waals surface area contributed by atoms with Crippen LogP contribution in [0.5, 0.6) is 5.75 Å². The van der Waals surface area contributed by atoms with Gasteiger partial charge in [-0.2, -0.15) is 0 Å². The van der Waals surface area contributed by atoms with Crippen molar-refractivity contribution in [2.45, 2.75) is 25.8 Å². The second-order valence-electron chi connectivity index (χ2n) is 7.62. The van der Waals surface area contributed by atoms with E-state index in [1.54, 1.807) is 16.8 Å². The first-order valence-electron chi connectivity index (χ1n) is 10.1. The number of phenolic OH excluding ortho intramolecular Hbond substituents is 1. The Labute approximate surface area is 200 Å². The van der Waals surface area contributed by atoms with Gasteiger partial charge in [0.2, 0.25) is 0 Å². The maximum absolute atomic E-state index is 13.0. The van der Waals surface area contributed by atoms with Crippen molar-refractivity contribution in [3.05, 3.63) is 76.7 Å². The smallest absolute Gasteiger partial charge is 0.296 e. The molecule has 0 aliphatic heterocycles. The number of nitrogens with zero attached hydrogens (tertiary/aromatic N) is 2. The summed E-state index contributed by atoms with van der Waals surface area (Å²) in [5.74, 6) is -1.80. The van der Waals surface area contributed by atoms with E-state index in [1.165, 1.54) is 24.5 Å². The molecule has 172 valence electrons. The minimum absolute atomic E-state index is 0.0431. The van der Waals surface area contributed by atoms with Crippen LogP contribution < -0.4 is 5.32 Å². The maximum Gasteiger partial charge on any atom is 0.296 e. The average molecular weight is 490 g/mol. The highest BCUT2D eigenvalue weighted by molar-refractivity contribution is 6.50. The van der Waals surface area contributed by atoms with E-state index in [0.29, 0.717) is 42.3 Å². The van der Waals surface area contributed by atoms with Gasteiger partial charge in [-0.25, -0.2) is 4.39 Å². The summed E-state index contributed by atoms with van der Waals surface area (Å²) in [6.45, 7) is 7.57. The lowest BCUT2D eigenvalue weighted by atomic mass is 10.1. The zero-order valence-corrected chi connectivity index (χ0v) is 19.2. The van der Waals surface area contributed by atoms with E-state index in [0.717, 1.165) is 5.57 Å². The number of anilines is 1. The van der Waals surface area contributed by atoms with E-state index < -0.39 is 18.4 Å². The summed E-state index contributed by atoms with van der Waals surface area (Å²) in [5, 5.41) is 13.0. The molecule has 0 atom stereocenters. The highest BCUT2D eigenvalue weighted by Gasteiger charge is 2.24. The fraction of sp³-hybridized carbons (Fsp3) is 0.208. The minimum Gasteiger partial charge on any atom is -0.508 e. The second kappa shape index (κ2) is 10.6. The largest absolute Gasteiger partial charge is 0.508 e.